The number of carbonyl (C=O) groups is 3. The Morgan fingerprint density at radius 1 is 1.21 bits per heavy atom. The maximum Gasteiger partial charge on any atom is 0.367 e. The van der Waals surface area contributed by atoms with Crippen molar-refractivity contribution in [2.75, 3.05) is 13.2 Å². The third-order valence-corrected chi connectivity index (χ3v) is 3.04. The molecular formula is C16H21NO7. The number of aliphatic hydroxyl groups excluding tert-OH is 1. The number of ether oxygens (including phenoxy) is 1. The first-order valence-electron chi connectivity index (χ1n) is 7.56. The van der Waals surface area contributed by atoms with Crippen LogP contribution in [0.4, 0.5) is 0 Å². The zero-order chi connectivity index (χ0) is 18.1. The van der Waals surface area contributed by atoms with Gasteiger partial charge in [-0.05, 0) is 18.6 Å². The molecule has 0 bridgehead atoms. The first-order chi connectivity index (χ1) is 11.5. The Bertz CT molecular complexity index is 588. The van der Waals surface area contributed by atoms with Gasteiger partial charge in [-0.3, -0.25) is 4.79 Å². The molecule has 1 aromatic carbocycles. The fourth-order valence-electron chi connectivity index (χ4n) is 1.81. The van der Waals surface area contributed by atoms with Crippen LogP contribution >= 0.6 is 0 Å². The summed E-state index contributed by atoms with van der Waals surface area (Å²) in [5, 5.41) is 18.6. The quantitative estimate of drug-likeness (QED) is 0.685. The summed E-state index contributed by atoms with van der Waals surface area (Å²) in [5.41, 5.74) is 0.0573. The van der Waals surface area contributed by atoms with Crippen LogP contribution in [0.15, 0.2) is 24.3 Å². The second-order valence-corrected chi connectivity index (χ2v) is 4.83. The minimum absolute atomic E-state index is 0.0573. The van der Waals surface area contributed by atoms with Gasteiger partial charge in [-0.15, -0.1) is 0 Å². The SMILES string of the molecule is CCCOc1ccccc1C(=O)ON(C(=O)CC)[C@@H](CO)C(=O)O. The third-order valence-electron chi connectivity index (χ3n) is 3.04. The topological polar surface area (TPSA) is 113 Å². The van der Waals surface area contributed by atoms with Crippen molar-refractivity contribution >= 4 is 17.8 Å². The van der Waals surface area contributed by atoms with Crippen molar-refractivity contribution in [1.29, 1.82) is 0 Å². The average molecular weight is 339 g/mol. The predicted octanol–water partition coefficient (Wildman–Crippen LogP) is 1.23. The van der Waals surface area contributed by atoms with Gasteiger partial charge in [0.1, 0.15) is 11.3 Å². The molecule has 0 aromatic heterocycles. The molecule has 0 aliphatic carbocycles. The molecule has 0 saturated carbocycles. The summed E-state index contributed by atoms with van der Waals surface area (Å²) in [6.45, 7) is 2.89. The molecule has 0 spiro atoms. The lowest BCUT2D eigenvalue weighted by Gasteiger charge is -2.25. The van der Waals surface area contributed by atoms with Crippen LogP contribution in [0.3, 0.4) is 0 Å². The normalized spacial score (nSPS) is 11.5. The van der Waals surface area contributed by atoms with Crippen LogP contribution < -0.4 is 4.74 Å². The van der Waals surface area contributed by atoms with Gasteiger partial charge in [-0.2, -0.15) is 5.06 Å². The number of hydroxylamine groups is 2. The lowest BCUT2D eigenvalue weighted by atomic mass is 10.2. The third kappa shape index (κ3) is 4.95. The van der Waals surface area contributed by atoms with Gasteiger partial charge in [0.2, 0.25) is 0 Å². The Hall–Kier alpha value is -2.61. The first kappa shape index (κ1) is 19.4. The smallest absolute Gasteiger partial charge is 0.367 e. The lowest BCUT2D eigenvalue weighted by Crippen LogP contribution is -2.48. The Kier molecular flexibility index (Phi) is 7.70. The van der Waals surface area contributed by atoms with Crippen LogP contribution in [-0.4, -0.2) is 52.4 Å². The summed E-state index contributed by atoms with van der Waals surface area (Å²) < 4.78 is 5.44. The molecule has 0 saturated heterocycles. The molecule has 1 atom stereocenters. The average Bonchev–Trinajstić information content (AvgIpc) is 2.58. The monoisotopic (exact) mass is 339 g/mol. The number of benzene rings is 1. The van der Waals surface area contributed by atoms with Crippen LogP contribution in [0.2, 0.25) is 0 Å². The van der Waals surface area contributed by atoms with E-state index in [4.69, 9.17) is 14.7 Å². The molecule has 1 rings (SSSR count). The van der Waals surface area contributed by atoms with E-state index in [2.05, 4.69) is 0 Å². The number of carboxylic acid groups (broad SMARTS) is 1. The van der Waals surface area contributed by atoms with Crippen LogP contribution in [0, 0.1) is 0 Å². The van der Waals surface area contributed by atoms with Crippen LogP contribution in [0.5, 0.6) is 5.75 Å². The Morgan fingerprint density at radius 3 is 2.42 bits per heavy atom. The molecule has 0 aliphatic rings. The highest BCUT2D eigenvalue weighted by molar-refractivity contribution is 5.94. The van der Waals surface area contributed by atoms with E-state index in [1.165, 1.54) is 13.0 Å². The molecule has 0 fully saturated rings. The zero-order valence-electron chi connectivity index (χ0n) is 13.6. The number of aliphatic hydroxyl groups is 1. The maximum absolute atomic E-state index is 12.3. The van der Waals surface area contributed by atoms with Crippen molar-refractivity contribution in [3.63, 3.8) is 0 Å². The van der Waals surface area contributed by atoms with E-state index in [-0.39, 0.29) is 17.7 Å². The van der Waals surface area contributed by atoms with E-state index in [1.54, 1.807) is 18.2 Å². The number of aliphatic carboxylic acids is 1. The summed E-state index contributed by atoms with van der Waals surface area (Å²) in [5.74, 6) is -2.90. The van der Waals surface area contributed by atoms with Crippen LogP contribution in [-0.2, 0) is 14.4 Å². The van der Waals surface area contributed by atoms with Crippen molar-refractivity contribution in [3.05, 3.63) is 29.8 Å². The molecule has 1 amide bonds. The molecule has 8 nitrogen and oxygen atoms in total. The van der Waals surface area contributed by atoms with Gasteiger partial charge >= 0.3 is 11.9 Å². The van der Waals surface area contributed by atoms with Crippen molar-refractivity contribution in [1.82, 2.24) is 5.06 Å². The van der Waals surface area contributed by atoms with E-state index in [0.717, 1.165) is 6.42 Å². The largest absolute Gasteiger partial charge is 0.493 e. The second kappa shape index (κ2) is 9.51. The number of para-hydroxylation sites is 1. The van der Waals surface area contributed by atoms with Crippen molar-refractivity contribution in [2.24, 2.45) is 0 Å². The van der Waals surface area contributed by atoms with Gasteiger partial charge in [0, 0.05) is 6.42 Å². The van der Waals surface area contributed by atoms with E-state index in [9.17, 15) is 19.5 Å². The van der Waals surface area contributed by atoms with Crippen LogP contribution in [0.25, 0.3) is 0 Å². The van der Waals surface area contributed by atoms with Gasteiger partial charge in [-0.1, -0.05) is 26.0 Å². The molecule has 24 heavy (non-hydrogen) atoms. The number of nitrogens with zero attached hydrogens (tertiary/aromatic N) is 1. The molecule has 8 heteroatoms. The summed E-state index contributed by atoms with van der Waals surface area (Å²) in [6.07, 6.45) is 0.639. The fraction of sp³-hybridized carbons (Fsp3) is 0.438. The van der Waals surface area contributed by atoms with Crippen molar-refractivity contribution in [3.8, 4) is 5.75 Å². The second-order valence-electron chi connectivity index (χ2n) is 4.83. The molecular weight excluding hydrogens is 318 g/mol. The fourth-order valence-corrected chi connectivity index (χ4v) is 1.81. The van der Waals surface area contributed by atoms with E-state index in [1.807, 2.05) is 6.92 Å². The van der Waals surface area contributed by atoms with Gasteiger partial charge in [-0.25, -0.2) is 9.59 Å². The highest BCUT2D eigenvalue weighted by atomic mass is 16.7. The number of carbonyl (C=O) groups excluding carboxylic acids is 2. The van der Waals surface area contributed by atoms with Crippen molar-refractivity contribution in [2.45, 2.75) is 32.7 Å². The zero-order valence-corrected chi connectivity index (χ0v) is 13.6. The molecule has 0 radical (unpaired) electrons. The highest BCUT2D eigenvalue weighted by Crippen LogP contribution is 2.20. The Balaban J connectivity index is 3.04. The van der Waals surface area contributed by atoms with Gasteiger partial charge in [0.25, 0.3) is 5.91 Å². The van der Waals surface area contributed by atoms with Crippen molar-refractivity contribution < 1.29 is 34.2 Å². The maximum atomic E-state index is 12.3. The number of carboxylic acids is 1. The minimum atomic E-state index is -1.68. The number of hydrogen-bond acceptors (Lipinski definition) is 6. The number of amides is 1. The van der Waals surface area contributed by atoms with E-state index < -0.39 is 30.5 Å². The summed E-state index contributed by atoms with van der Waals surface area (Å²) in [7, 11) is 0. The van der Waals surface area contributed by atoms with Gasteiger partial charge < -0.3 is 19.8 Å². The Morgan fingerprint density at radius 2 is 1.88 bits per heavy atom. The highest BCUT2D eigenvalue weighted by Gasteiger charge is 2.33. The summed E-state index contributed by atoms with van der Waals surface area (Å²) in [6, 6.07) is 4.59. The molecule has 0 heterocycles. The van der Waals surface area contributed by atoms with Crippen LogP contribution in [0.1, 0.15) is 37.0 Å². The number of hydrogen-bond donors (Lipinski definition) is 2. The molecule has 1 aromatic rings. The van der Waals surface area contributed by atoms with E-state index >= 15 is 0 Å². The lowest BCUT2D eigenvalue weighted by molar-refractivity contribution is -0.190. The molecule has 2 N–H and O–H groups in total. The summed E-state index contributed by atoms with van der Waals surface area (Å²) >= 11 is 0. The predicted molar refractivity (Wildman–Crippen MR) is 83.3 cm³/mol. The van der Waals surface area contributed by atoms with Gasteiger partial charge in [0.15, 0.2) is 6.04 Å². The molecule has 0 unspecified atom stereocenters. The van der Waals surface area contributed by atoms with E-state index in [0.29, 0.717) is 11.7 Å². The standard InChI is InChI=1S/C16H21NO7/c1-3-9-23-13-8-6-5-7-11(13)16(22)24-17(14(19)4-2)12(10-18)15(20)21/h5-8,12,18H,3-4,9-10H2,1-2H3,(H,20,21)/t12-/m0/s1. The Labute approximate surface area is 139 Å². The molecule has 0 aliphatic heterocycles. The minimum Gasteiger partial charge on any atom is -0.493 e. The molecule has 132 valence electrons. The summed E-state index contributed by atoms with van der Waals surface area (Å²) in [4.78, 5) is 40.3. The van der Waals surface area contributed by atoms with Gasteiger partial charge in [0.05, 0.1) is 13.2 Å². The first-order valence-corrected chi connectivity index (χ1v) is 7.56. The number of rotatable bonds is 8.